The largest absolute Gasteiger partial charge is 0.495 e. The number of amides is 1. The first-order valence-corrected chi connectivity index (χ1v) is 9.36. The van der Waals surface area contributed by atoms with Crippen LogP contribution in [-0.2, 0) is 0 Å². The molecule has 0 heterocycles. The SMILES string of the molecule is CCCCCOc1c(Cl)cc(C(=O)Nc2ccc(OC)c(Cl)c2)cc1Cl. The molecule has 0 aliphatic heterocycles. The van der Waals surface area contributed by atoms with E-state index in [9.17, 15) is 4.79 Å². The van der Waals surface area contributed by atoms with Gasteiger partial charge in [0.1, 0.15) is 5.75 Å². The molecule has 2 rings (SSSR count). The second-order valence-corrected chi connectivity index (χ2v) is 6.85. The summed E-state index contributed by atoms with van der Waals surface area (Å²) in [6.45, 7) is 2.65. The van der Waals surface area contributed by atoms with Crippen LogP contribution in [-0.4, -0.2) is 19.6 Å². The molecule has 0 saturated carbocycles. The molecule has 7 heteroatoms. The first-order valence-electron chi connectivity index (χ1n) is 8.23. The Morgan fingerprint density at radius 1 is 1.04 bits per heavy atom. The first kappa shape index (κ1) is 20.7. The van der Waals surface area contributed by atoms with Gasteiger partial charge in [-0.15, -0.1) is 0 Å². The zero-order valence-electron chi connectivity index (χ0n) is 14.6. The number of anilines is 1. The summed E-state index contributed by atoms with van der Waals surface area (Å²) in [4.78, 5) is 12.5. The van der Waals surface area contributed by atoms with E-state index in [1.54, 1.807) is 18.2 Å². The quantitative estimate of drug-likeness (QED) is 0.501. The number of rotatable bonds is 8. The van der Waals surface area contributed by atoms with Crippen molar-refractivity contribution in [1.29, 1.82) is 0 Å². The van der Waals surface area contributed by atoms with Crippen LogP contribution in [0.2, 0.25) is 15.1 Å². The number of hydrogen-bond acceptors (Lipinski definition) is 3. The second kappa shape index (κ2) is 9.91. The van der Waals surface area contributed by atoms with Crippen LogP contribution in [0.15, 0.2) is 30.3 Å². The summed E-state index contributed by atoms with van der Waals surface area (Å²) < 4.78 is 10.7. The lowest BCUT2D eigenvalue weighted by molar-refractivity contribution is 0.102. The van der Waals surface area contributed by atoms with Crippen LogP contribution in [0.1, 0.15) is 36.5 Å². The van der Waals surface area contributed by atoms with Gasteiger partial charge >= 0.3 is 0 Å². The summed E-state index contributed by atoms with van der Waals surface area (Å²) in [5, 5.41) is 3.74. The highest BCUT2D eigenvalue weighted by atomic mass is 35.5. The van der Waals surface area contributed by atoms with Gasteiger partial charge in [0, 0.05) is 11.3 Å². The minimum Gasteiger partial charge on any atom is -0.495 e. The number of methoxy groups -OCH3 is 1. The Hall–Kier alpha value is -1.62. The fourth-order valence-corrected chi connectivity index (χ4v) is 3.16. The van der Waals surface area contributed by atoms with Crippen molar-refractivity contribution < 1.29 is 14.3 Å². The maximum absolute atomic E-state index is 12.5. The van der Waals surface area contributed by atoms with Gasteiger partial charge in [-0.05, 0) is 36.8 Å². The molecule has 0 radical (unpaired) electrons. The minimum absolute atomic E-state index is 0.298. The molecule has 0 bridgehead atoms. The maximum atomic E-state index is 12.5. The average Bonchev–Trinajstić information content (AvgIpc) is 2.60. The fraction of sp³-hybridized carbons (Fsp3) is 0.316. The van der Waals surface area contributed by atoms with E-state index in [0.717, 1.165) is 19.3 Å². The van der Waals surface area contributed by atoms with Crippen LogP contribution >= 0.6 is 34.8 Å². The summed E-state index contributed by atoms with van der Waals surface area (Å²) in [7, 11) is 1.52. The molecule has 2 aromatic rings. The number of nitrogens with one attached hydrogen (secondary N) is 1. The molecule has 0 aliphatic carbocycles. The van der Waals surface area contributed by atoms with Crippen molar-refractivity contribution in [2.24, 2.45) is 0 Å². The molecular weight excluding hydrogens is 397 g/mol. The molecule has 140 valence electrons. The summed E-state index contributed by atoms with van der Waals surface area (Å²) in [5.41, 5.74) is 0.862. The van der Waals surface area contributed by atoms with E-state index in [1.165, 1.54) is 19.2 Å². The third-order valence-electron chi connectivity index (χ3n) is 3.66. The highest BCUT2D eigenvalue weighted by Crippen LogP contribution is 2.35. The highest BCUT2D eigenvalue weighted by molar-refractivity contribution is 6.38. The molecule has 0 atom stereocenters. The zero-order chi connectivity index (χ0) is 19.1. The van der Waals surface area contributed by atoms with Crippen molar-refractivity contribution in [3.8, 4) is 11.5 Å². The third kappa shape index (κ3) is 5.44. The van der Waals surface area contributed by atoms with Crippen molar-refractivity contribution in [2.75, 3.05) is 19.0 Å². The lowest BCUT2D eigenvalue weighted by atomic mass is 10.2. The monoisotopic (exact) mass is 415 g/mol. The Morgan fingerprint density at radius 3 is 2.31 bits per heavy atom. The lowest BCUT2D eigenvalue weighted by Crippen LogP contribution is -2.12. The van der Waals surface area contributed by atoms with E-state index in [2.05, 4.69) is 12.2 Å². The molecular formula is C19H20Cl3NO3. The minimum atomic E-state index is -0.354. The molecule has 0 aromatic heterocycles. The van der Waals surface area contributed by atoms with Crippen LogP contribution in [0, 0.1) is 0 Å². The predicted molar refractivity (Wildman–Crippen MR) is 107 cm³/mol. The van der Waals surface area contributed by atoms with Crippen LogP contribution in [0.4, 0.5) is 5.69 Å². The molecule has 2 aromatic carbocycles. The van der Waals surface area contributed by atoms with E-state index in [0.29, 0.717) is 44.4 Å². The van der Waals surface area contributed by atoms with E-state index in [1.807, 2.05) is 0 Å². The average molecular weight is 417 g/mol. The van der Waals surface area contributed by atoms with Gasteiger partial charge in [-0.25, -0.2) is 0 Å². The van der Waals surface area contributed by atoms with Crippen LogP contribution < -0.4 is 14.8 Å². The second-order valence-electron chi connectivity index (χ2n) is 5.63. The molecule has 0 unspecified atom stereocenters. The number of ether oxygens (including phenoxy) is 2. The van der Waals surface area contributed by atoms with Gasteiger partial charge in [-0.3, -0.25) is 4.79 Å². The molecule has 1 amide bonds. The normalized spacial score (nSPS) is 10.5. The number of carbonyl (C=O) groups is 1. The summed E-state index contributed by atoms with van der Waals surface area (Å²) in [6.07, 6.45) is 3.09. The molecule has 1 N–H and O–H groups in total. The Balaban J connectivity index is 2.10. The van der Waals surface area contributed by atoms with E-state index < -0.39 is 0 Å². The molecule has 0 saturated heterocycles. The summed E-state index contributed by atoms with van der Waals surface area (Å²) in [6, 6.07) is 8.03. The Bertz CT molecular complexity index is 758. The van der Waals surface area contributed by atoms with Crippen molar-refractivity contribution >= 4 is 46.4 Å². The number of carbonyl (C=O) groups excluding carboxylic acids is 1. The Morgan fingerprint density at radius 2 is 1.73 bits per heavy atom. The molecule has 26 heavy (non-hydrogen) atoms. The van der Waals surface area contributed by atoms with Gasteiger partial charge in [0.25, 0.3) is 5.91 Å². The lowest BCUT2D eigenvalue weighted by Gasteiger charge is -2.12. The number of unbranched alkanes of at least 4 members (excludes halogenated alkanes) is 2. The maximum Gasteiger partial charge on any atom is 0.255 e. The van der Waals surface area contributed by atoms with Crippen molar-refractivity contribution in [3.05, 3.63) is 51.0 Å². The van der Waals surface area contributed by atoms with Crippen LogP contribution in [0.3, 0.4) is 0 Å². The summed E-state index contributed by atoms with van der Waals surface area (Å²) >= 11 is 18.5. The molecule has 0 spiro atoms. The van der Waals surface area contributed by atoms with Crippen molar-refractivity contribution in [2.45, 2.75) is 26.2 Å². The molecule has 0 fully saturated rings. The van der Waals surface area contributed by atoms with E-state index in [4.69, 9.17) is 44.3 Å². The van der Waals surface area contributed by atoms with E-state index >= 15 is 0 Å². The predicted octanol–water partition coefficient (Wildman–Crippen LogP) is 6.48. The molecule has 4 nitrogen and oxygen atoms in total. The van der Waals surface area contributed by atoms with E-state index in [-0.39, 0.29) is 5.91 Å². The van der Waals surface area contributed by atoms with Gasteiger partial charge in [0.15, 0.2) is 5.75 Å². The van der Waals surface area contributed by atoms with Gasteiger partial charge in [0.05, 0.1) is 28.8 Å². The number of halogens is 3. The smallest absolute Gasteiger partial charge is 0.255 e. The molecule has 0 aliphatic rings. The van der Waals surface area contributed by atoms with Gasteiger partial charge in [-0.1, -0.05) is 54.6 Å². The van der Waals surface area contributed by atoms with Gasteiger partial charge in [-0.2, -0.15) is 0 Å². The van der Waals surface area contributed by atoms with Crippen molar-refractivity contribution in [3.63, 3.8) is 0 Å². The number of benzene rings is 2. The topological polar surface area (TPSA) is 47.6 Å². The Labute approximate surface area is 168 Å². The highest BCUT2D eigenvalue weighted by Gasteiger charge is 2.15. The van der Waals surface area contributed by atoms with Gasteiger partial charge < -0.3 is 14.8 Å². The summed E-state index contributed by atoms with van der Waals surface area (Å²) in [5.74, 6) is 0.571. The Kier molecular flexibility index (Phi) is 7.88. The third-order valence-corrected chi connectivity index (χ3v) is 4.52. The first-order chi connectivity index (χ1) is 12.5. The van der Waals surface area contributed by atoms with Crippen LogP contribution in [0.5, 0.6) is 11.5 Å². The van der Waals surface area contributed by atoms with Crippen LogP contribution in [0.25, 0.3) is 0 Å². The zero-order valence-corrected chi connectivity index (χ0v) is 16.8. The number of hydrogen-bond donors (Lipinski definition) is 1. The van der Waals surface area contributed by atoms with Crippen molar-refractivity contribution in [1.82, 2.24) is 0 Å². The standard InChI is InChI=1S/C19H20Cl3NO3/c1-3-4-5-8-26-18-15(21)9-12(10-16(18)22)19(24)23-13-6-7-17(25-2)14(20)11-13/h6-7,9-11H,3-5,8H2,1-2H3,(H,23,24). The fourth-order valence-electron chi connectivity index (χ4n) is 2.30. The van der Waals surface area contributed by atoms with Gasteiger partial charge in [0.2, 0.25) is 0 Å².